The van der Waals surface area contributed by atoms with Gasteiger partial charge in [-0.2, -0.15) is 0 Å². The lowest BCUT2D eigenvalue weighted by atomic mass is 9.77. The molecule has 1 aliphatic heterocycles. The van der Waals surface area contributed by atoms with Crippen LogP contribution in [-0.2, 0) is 19.1 Å². The van der Waals surface area contributed by atoms with Crippen LogP contribution in [0.15, 0.2) is 0 Å². The molecule has 1 rings (SSSR count). The predicted molar refractivity (Wildman–Crippen MR) is 230 cm³/mol. The highest BCUT2D eigenvalue weighted by atomic mass is 16.5. The fraction of sp³-hybridized carbons (Fsp3) is 0.958. The van der Waals surface area contributed by atoms with Gasteiger partial charge in [0.05, 0.1) is 25.0 Å². The second kappa shape index (κ2) is 36.2. The van der Waals surface area contributed by atoms with Gasteiger partial charge in [-0.05, 0) is 102 Å². The lowest BCUT2D eigenvalue weighted by Crippen LogP contribution is -2.28. The third-order valence-electron chi connectivity index (χ3n) is 12.4. The lowest BCUT2D eigenvalue weighted by Gasteiger charge is -2.30. The van der Waals surface area contributed by atoms with Gasteiger partial charge in [-0.3, -0.25) is 9.59 Å². The molecule has 2 atom stereocenters. The normalized spacial score (nSPS) is 17.2. The Hall–Kier alpha value is -1.14. The Morgan fingerprint density at radius 1 is 0.519 bits per heavy atom. The fourth-order valence-corrected chi connectivity index (χ4v) is 8.72. The van der Waals surface area contributed by atoms with E-state index in [4.69, 9.17) is 9.47 Å². The molecule has 1 N–H and O–H groups in total. The minimum Gasteiger partial charge on any atom is -0.465 e. The molecule has 0 aromatic rings. The van der Waals surface area contributed by atoms with Crippen LogP contribution in [0.25, 0.3) is 0 Å². The lowest BCUT2D eigenvalue weighted by molar-refractivity contribution is -0.150. The molecule has 0 aromatic heterocycles. The Labute approximate surface area is 336 Å². The number of aliphatic hydroxyl groups is 1. The van der Waals surface area contributed by atoms with E-state index >= 15 is 0 Å². The van der Waals surface area contributed by atoms with E-state index in [0.29, 0.717) is 13.2 Å². The van der Waals surface area contributed by atoms with Gasteiger partial charge in [0.15, 0.2) is 0 Å². The number of unbranched alkanes of at least 4 members (excludes halogenated alkanes) is 19. The Balaban J connectivity index is 2.59. The Morgan fingerprint density at radius 2 is 0.907 bits per heavy atom. The summed E-state index contributed by atoms with van der Waals surface area (Å²) in [6.45, 7) is 13.7. The first kappa shape index (κ1) is 50.9. The van der Waals surface area contributed by atoms with Crippen LogP contribution in [0.3, 0.4) is 0 Å². The molecule has 1 fully saturated rings. The van der Waals surface area contributed by atoms with E-state index in [9.17, 15) is 14.7 Å². The standard InChI is InChI=1S/C48H93NO5/c1-5-9-13-17-19-23-33-44(31-21-15-11-7-3)46(51)53-41-29-25-35-48(37-39-49(43-48)38-27-28-40-50)36-26-30-42-54-47(52)45(32-22-16-12-8-4)34-24-20-18-14-10-6-2/h44-45,50H,5-43H2,1-4H3. The molecule has 0 aromatic carbocycles. The topological polar surface area (TPSA) is 76.1 Å². The van der Waals surface area contributed by atoms with Gasteiger partial charge in [0.2, 0.25) is 0 Å². The maximum absolute atomic E-state index is 13.2. The van der Waals surface area contributed by atoms with Crippen LogP contribution in [0, 0.1) is 17.3 Å². The third kappa shape index (κ3) is 26.7. The van der Waals surface area contributed by atoms with Gasteiger partial charge in [-0.15, -0.1) is 0 Å². The molecule has 320 valence electrons. The van der Waals surface area contributed by atoms with Gasteiger partial charge in [0, 0.05) is 13.2 Å². The molecule has 2 unspecified atom stereocenters. The average Bonchev–Trinajstić information content (AvgIpc) is 3.58. The van der Waals surface area contributed by atoms with Gasteiger partial charge in [-0.1, -0.05) is 156 Å². The minimum absolute atomic E-state index is 0.0513. The number of hydrogen-bond donors (Lipinski definition) is 1. The monoisotopic (exact) mass is 764 g/mol. The van der Waals surface area contributed by atoms with Gasteiger partial charge in [0.25, 0.3) is 0 Å². The average molecular weight is 764 g/mol. The van der Waals surface area contributed by atoms with Crippen molar-refractivity contribution >= 4 is 11.9 Å². The number of hydrogen-bond acceptors (Lipinski definition) is 6. The maximum Gasteiger partial charge on any atom is 0.308 e. The summed E-state index contributed by atoms with van der Waals surface area (Å²) in [6.07, 6.45) is 38.3. The number of aliphatic hydroxyl groups excluding tert-OH is 1. The molecule has 1 aliphatic rings. The SMILES string of the molecule is CCCCCCCCC(CCCCCC)C(=O)OCCCCC1(CCCCOC(=O)C(CCCCCC)CCCCCCCC)CCN(CCCCO)C1. The van der Waals surface area contributed by atoms with E-state index < -0.39 is 0 Å². The molecule has 1 saturated heterocycles. The number of ether oxygens (including phenoxy) is 2. The molecular weight excluding hydrogens is 671 g/mol. The van der Waals surface area contributed by atoms with Crippen molar-refractivity contribution in [2.75, 3.05) is 39.5 Å². The summed E-state index contributed by atoms with van der Waals surface area (Å²) in [5, 5.41) is 9.33. The van der Waals surface area contributed by atoms with Crippen molar-refractivity contribution in [1.82, 2.24) is 4.90 Å². The van der Waals surface area contributed by atoms with Gasteiger partial charge in [0.1, 0.15) is 0 Å². The summed E-state index contributed by atoms with van der Waals surface area (Å²) in [4.78, 5) is 29.0. The summed E-state index contributed by atoms with van der Waals surface area (Å²) >= 11 is 0. The highest BCUT2D eigenvalue weighted by molar-refractivity contribution is 5.72. The molecule has 0 aliphatic carbocycles. The third-order valence-corrected chi connectivity index (χ3v) is 12.4. The first-order chi connectivity index (χ1) is 26.4. The molecule has 6 heteroatoms. The largest absolute Gasteiger partial charge is 0.465 e. The van der Waals surface area contributed by atoms with Crippen LogP contribution in [0.2, 0.25) is 0 Å². The highest BCUT2D eigenvalue weighted by Gasteiger charge is 2.36. The molecule has 0 saturated carbocycles. The molecule has 1 heterocycles. The minimum atomic E-state index is 0.0513. The molecule has 0 spiro atoms. The van der Waals surface area contributed by atoms with E-state index in [-0.39, 0.29) is 35.8 Å². The van der Waals surface area contributed by atoms with Crippen LogP contribution in [0.4, 0.5) is 0 Å². The number of nitrogens with zero attached hydrogens (tertiary/aromatic N) is 1. The summed E-state index contributed by atoms with van der Waals surface area (Å²) in [7, 11) is 0. The van der Waals surface area contributed by atoms with E-state index in [0.717, 1.165) is 122 Å². The number of likely N-dealkylation sites (tertiary alicyclic amines) is 1. The quantitative estimate of drug-likeness (QED) is 0.0495. The first-order valence-electron chi connectivity index (χ1n) is 24.1. The molecule has 6 nitrogen and oxygen atoms in total. The van der Waals surface area contributed by atoms with Crippen molar-refractivity contribution in [3.05, 3.63) is 0 Å². The summed E-state index contributed by atoms with van der Waals surface area (Å²) in [5.74, 6) is 0.246. The molecule has 0 bridgehead atoms. The van der Waals surface area contributed by atoms with Crippen molar-refractivity contribution in [3.63, 3.8) is 0 Å². The number of carbonyl (C=O) groups is 2. The zero-order valence-corrected chi connectivity index (χ0v) is 36.8. The van der Waals surface area contributed by atoms with Crippen LogP contribution < -0.4 is 0 Å². The Kier molecular flexibility index (Phi) is 34.1. The molecular formula is C48H93NO5. The number of rotatable bonds is 40. The second-order valence-electron chi connectivity index (χ2n) is 17.4. The molecule has 54 heavy (non-hydrogen) atoms. The van der Waals surface area contributed by atoms with Crippen molar-refractivity contribution < 1.29 is 24.2 Å². The fourth-order valence-electron chi connectivity index (χ4n) is 8.72. The molecule has 0 amide bonds. The van der Waals surface area contributed by atoms with Crippen molar-refractivity contribution in [1.29, 1.82) is 0 Å². The second-order valence-corrected chi connectivity index (χ2v) is 17.4. The zero-order valence-electron chi connectivity index (χ0n) is 36.8. The Bertz CT molecular complexity index is 795. The van der Waals surface area contributed by atoms with Gasteiger partial charge < -0.3 is 19.5 Å². The first-order valence-corrected chi connectivity index (χ1v) is 24.1. The van der Waals surface area contributed by atoms with Crippen molar-refractivity contribution in [3.8, 4) is 0 Å². The smallest absolute Gasteiger partial charge is 0.308 e. The van der Waals surface area contributed by atoms with Gasteiger partial charge in [-0.25, -0.2) is 0 Å². The summed E-state index contributed by atoms with van der Waals surface area (Å²) in [6, 6.07) is 0. The number of carbonyl (C=O) groups excluding carboxylic acids is 2. The predicted octanol–water partition coefficient (Wildman–Crippen LogP) is 13.6. The van der Waals surface area contributed by atoms with E-state index in [1.54, 1.807) is 0 Å². The van der Waals surface area contributed by atoms with Gasteiger partial charge >= 0.3 is 11.9 Å². The van der Waals surface area contributed by atoms with E-state index in [1.807, 2.05) is 0 Å². The van der Waals surface area contributed by atoms with E-state index in [2.05, 4.69) is 32.6 Å². The maximum atomic E-state index is 13.2. The van der Waals surface area contributed by atoms with E-state index in [1.165, 1.54) is 109 Å². The zero-order chi connectivity index (χ0) is 39.4. The van der Waals surface area contributed by atoms with Crippen molar-refractivity contribution in [2.24, 2.45) is 17.3 Å². The highest BCUT2D eigenvalue weighted by Crippen LogP contribution is 2.40. The summed E-state index contributed by atoms with van der Waals surface area (Å²) < 4.78 is 11.9. The van der Waals surface area contributed by atoms with Crippen LogP contribution in [0.5, 0.6) is 0 Å². The van der Waals surface area contributed by atoms with Crippen LogP contribution >= 0.6 is 0 Å². The summed E-state index contributed by atoms with van der Waals surface area (Å²) in [5.41, 5.74) is 0.284. The number of esters is 2. The molecule has 0 radical (unpaired) electrons. The van der Waals surface area contributed by atoms with Crippen LogP contribution in [0.1, 0.15) is 240 Å². The van der Waals surface area contributed by atoms with Crippen molar-refractivity contribution in [2.45, 2.75) is 240 Å². The van der Waals surface area contributed by atoms with Crippen LogP contribution in [-0.4, -0.2) is 61.4 Å². The Morgan fingerprint density at radius 3 is 1.31 bits per heavy atom.